The summed E-state index contributed by atoms with van der Waals surface area (Å²) in [6, 6.07) is 7.87. The zero-order chi connectivity index (χ0) is 20.8. The summed E-state index contributed by atoms with van der Waals surface area (Å²) in [7, 11) is 0. The van der Waals surface area contributed by atoms with Gasteiger partial charge in [0.05, 0.1) is 17.2 Å². The Kier molecular flexibility index (Phi) is 7.33. The van der Waals surface area contributed by atoms with E-state index in [0.717, 1.165) is 36.4 Å². The van der Waals surface area contributed by atoms with Crippen molar-refractivity contribution >= 4 is 47.1 Å². The molecule has 1 fully saturated rings. The van der Waals surface area contributed by atoms with Crippen molar-refractivity contribution in [2.24, 2.45) is 0 Å². The van der Waals surface area contributed by atoms with Crippen molar-refractivity contribution in [1.82, 2.24) is 9.47 Å². The molecule has 2 aromatic rings. The topological polar surface area (TPSA) is 68.6 Å². The summed E-state index contributed by atoms with van der Waals surface area (Å²) in [5.41, 5.74) is 0.619. The highest BCUT2D eigenvalue weighted by molar-refractivity contribution is 7.98. The van der Waals surface area contributed by atoms with Crippen LogP contribution in [0.15, 0.2) is 34.0 Å². The summed E-state index contributed by atoms with van der Waals surface area (Å²) in [6.45, 7) is 3.34. The van der Waals surface area contributed by atoms with Gasteiger partial charge in [-0.3, -0.25) is 14.2 Å². The molecule has 0 aliphatic carbocycles. The Bertz CT molecular complexity index is 1050. The van der Waals surface area contributed by atoms with Crippen LogP contribution in [0.5, 0.6) is 0 Å². The number of esters is 1. The first kappa shape index (κ1) is 21.4. The molecular weight excluding hydrogens is 408 g/mol. The standard InChI is InChI=1S/C21H24N2O4S2/c1-3-27-20(25)13-19-23(14-18(24)22-10-4-5-11-22)21(26)17(29-19)12-15-6-8-16(28-2)9-7-15/h6-9,12-13H,3-5,10-11,14H2,1-2H3. The summed E-state index contributed by atoms with van der Waals surface area (Å²) in [5, 5.41) is 0. The highest BCUT2D eigenvalue weighted by atomic mass is 32.2. The average molecular weight is 433 g/mol. The lowest BCUT2D eigenvalue weighted by molar-refractivity contribution is -0.135. The van der Waals surface area contributed by atoms with Crippen molar-refractivity contribution in [1.29, 1.82) is 0 Å². The van der Waals surface area contributed by atoms with Crippen LogP contribution in [0.25, 0.3) is 12.2 Å². The van der Waals surface area contributed by atoms with E-state index in [4.69, 9.17) is 4.74 Å². The van der Waals surface area contributed by atoms with Gasteiger partial charge in [0.2, 0.25) is 5.91 Å². The monoisotopic (exact) mass is 432 g/mol. The van der Waals surface area contributed by atoms with Crippen LogP contribution in [0.4, 0.5) is 0 Å². The molecule has 3 rings (SSSR count). The van der Waals surface area contributed by atoms with Crippen molar-refractivity contribution < 1.29 is 14.3 Å². The summed E-state index contributed by atoms with van der Waals surface area (Å²) >= 11 is 2.84. The van der Waals surface area contributed by atoms with Crippen LogP contribution in [0, 0.1) is 0 Å². The molecule has 0 saturated carbocycles. The van der Waals surface area contributed by atoms with E-state index in [-0.39, 0.29) is 24.6 Å². The van der Waals surface area contributed by atoms with E-state index in [2.05, 4.69) is 0 Å². The molecule has 1 aromatic heterocycles. The van der Waals surface area contributed by atoms with Crippen LogP contribution < -0.4 is 14.8 Å². The van der Waals surface area contributed by atoms with Gasteiger partial charge in [-0.15, -0.1) is 23.1 Å². The van der Waals surface area contributed by atoms with Crippen molar-refractivity contribution in [2.75, 3.05) is 26.0 Å². The lowest BCUT2D eigenvalue weighted by Crippen LogP contribution is -2.39. The molecule has 29 heavy (non-hydrogen) atoms. The maximum absolute atomic E-state index is 13.0. The summed E-state index contributed by atoms with van der Waals surface area (Å²) in [5.74, 6) is -0.622. The van der Waals surface area contributed by atoms with Gasteiger partial charge in [0, 0.05) is 18.0 Å². The molecule has 8 heteroatoms. The lowest BCUT2D eigenvalue weighted by Gasteiger charge is -2.15. The summed E-state index contributed by atoms with van der Waals surface area (Å²) in [6.07, 6.45) is 7.05. The molecule has 1 aliphatic heterocycles. The van der Waals surface area contributed by atoms with Crippen LogP contribution in [0.1, 0.15) is 25.3 Å². The fraction of sp³-hybridized carbons (Fsp3) is 0.381. The zero-order valence-electron chi connectivity index (χ0n) is 16.6. The van der Waals surface area contributed by atoms with Crippen LogP contribution in [-0.2, 0) is 20.9 Å². The quantitative estimate of drug-likeness (QED) is 0.510. The third-order valence-corrected chi connectivity index (χ3v) is 6.43. The molecule has 0 N–H and O–H groups in total. The van der Waals surface area contributed by atoms with Gasteiger partial charge in [-0.1, -0.05) is 12.1 Å². The van der Waals surface area contributed by atoms with Gasteiger partial charge in [0.25, 0.3) is 5.56 Å². The summed E-state index contributed by atoms with van der Waals surface area (Å²) in [4.78, 5) is 40.5. The Labute approximate surface area is 177 Å². The number of benzene rings is 1. The molecular formula is C21H24N2O4S2. The Hall–Kier alpha value is -2.32. The Morgan fingerprint density at radius 1 is 1.21 bits per heavy atom. The van der Waals surface area contributed by atoms with Gasteiger partial charge in [-0.25, -0.2) is 4.79 Å². The molecule has 1 aliphatic rings. The maximum Gasteiger partial charge on any atom is 0.333 e. The van der Waals surface area contributed by atoms with Crippen molar-refractivity contribution in [3.05, 3.63) is 49.4 Å². The number of aromatic nitrogens is 1. The lowest BCUT2D eigenvalue weighted by atomic mass is 10.2. The van der Waals surface area contributed by atoms with Crippen molar-refractivity contribution in [3.63, 3.8) is 0 Å². The first-order chi connectivity index (χ1) is 14.0. The fourth-order valence-electron chi connectivity index (χ4n) is 3.13. The SMILES string of the molecule is CCOC(=O)C=c1sc(=Cc2ccc(SC)cc2)c(=O)n1CC(=O)N1CCCC1. The van der Waals surface area contributed by atoms with E-state index in [1.165, 1.54) is 22.0 Å². The van der Waals surface area contributed by atoms with E-state index in [1.54, 1.807) is 29.7 Å². The van der Waals surface area contributed by atoms with Gasteiger partial charge in [0.1, 0.15) is 11.2 Å². The normalized spacial score (nSPS) is 15.2. The first-order valence-corrected chi connectivity index (χ1v) is 11.6. The average Bonchev–Trinajstić information content (AvgIpc) is 3.34. The third-order valence-electron chi connectivity index (χ3n) is 4.63. The third kappa shape index (κ3) is 5.39. The number of hydrogen-bond acceptors (Lipinski definition) is 6. The minimum Gasteiger partial charge on any atom is -0.463 e. The minimum absolute atomic E-state index is 0.0696. The van der Waals surface area contributed by atoms with Crippen molar-refractivity contribution in [3.8, 4) is 0 Å². The number of amides is 1. The molecule has 1 aromatic carbocycles. The van der Waals surface area contributed by atoms with E-state index in [0.29, 0.717) is 9.20 Å². The van der Waals surface area contributed by atoms with Crippen LogP contribution in [0.2, 0.25) is 0 Å². The molecule has 2 heterocycles. The smallest absolute Gasteiger partial charge is 0.333 e. The number of thiazole rings is 1. The van der Waals surface area contributed by atoms with Gasteiger partial charge in [0.15, 0.2) is 0 Å². The van der Waals surface area contributed by atoms with Gasteiger partial charge < -0.3 is 9.64 Å². The first-order valence-electron chi connectivity index (χ1n) is 9.53. The fourth-order valence-corrected chi connectivity index (χ4v) is 4.57. The molecule has 0 radical (unpaired) electrons. The largest absolute Gasteiger partial charge is 0.463 e. The maximum atomic E-state index is 13.0. The van der Waals surface area contributed by atoms with Gasteiger partial charge in [-0.2, -0.15) is 0 Å². The Balaban J connectivity index is 2.02. The summed E-state index contributed by atoms with van der Waals surface area (Å²) < 4.78 is 7.27. The molecule has 6 nitrogen and oxygen atoms in total. The number of likely N-dealkylation sites (tertiary alicyclic amines) is 1. The van der Waals surface area contributed by atoms with Crippen LogP contribution in [0.3, 0.4) is 0 Å². The second kappa shape index (κ2) is 9.93. The zero-order valence-corrected chi connectivity index (χ0v) is 18.2. The highest BCUT2D eigenvalue weighted by Crippen LogP contribution is 2.15. The Morgan fingerprint density at radius 3 is 2.52 bits per heavy atom. The molecule has 0 spiro atoms. The van der Waals surface area contributed by atoms with E-state index in [1.807, 2.05) is 30.5 Å². The number of carbonyl (C=O) groups is 2. The molecule has 0 bridgehead atoms. The van der Waals surface area contributed by atoms with Crippen LogP contribution in [-0.4, -0.2) is 47.3 Å². The number of hydrogen-bond donors (Lipinski definition) is 0. The van der Waals surface area contributed by atoms with Crippen LogP contribution >= 0.6 is 23.1 Å². The second-order valence-electron chi connectivity index (χ2n) is 6.60. The number of rotatable bonds is 6. The number of ether oxygens (including phenoxy) is 1. The number of carbonyl (C=O) groups excluding carboxylic acids is 2. The molecule has 1 amide bonds. The minimum atomic E-state index is -0.521. The predicted octanol–water partition coefficient (Wildman–Crippen LogP) is 1.43. The molecule has 154 valence electrons. The number of nitrogens with zero attached hydrogens (tertiary/aromatic N) is 2. The Morgan fingerprint density at radius 2 is 1.90 bits per heavy atom. The molecule has 0 unspecified atom stereocenters. The molecule has 1 saturated heterocycles. The predicted molar refractivity (Wildman–Crippen MR) is 117 cm³/mol. The second-order valence-corrected chi connectivity index (χ2v) is 8.54. The van der Waals surface area contributed by atoms with E-state index >= 15 is 0 Å². The van der Waals surface area contributed by atoms with E-state index in [9.17, 15) is 14.4 Å². The highest BCUT2D eigenvalue weighted by Gasteiger charge is 2.19. The molecule has 0 atom stereocenters. The van der Waals surface area contributed by atoms with E-state index < -0.39 is 5.97 Å². The van der Waals surface area contributed by atoms with Crippen molar-refractivity contribution in [2.45, 2.75) is 31.2 Å². The van der Waals surface area contributed by atoms with Gasteiger partial charge >= 0.3 is 5.97 Å². The number of thioether (sulfide) groups is 1. The van der Waals surface area contributed by atoms with Gasteiger partial charge in [-0.05, 0) is 49.8 Å².